The molecular formula is C27H34N6OS. The average Bonchev–Trinajstić information content (AvgIpc) is 2.89. The predicted octanol–water partition coefficient (Wildman–Crippen LogP) is 4.29. The lowest BCUT2D eigenvalue weighted by molar-refractivity contribution is -0.113. The number of hydrogen-bond acceptors (Lipinski definition) is 7. The smallest absolute Gasteiger partial charge is 0.234 e. The Kier molecular flexibility index (Phi) is 7.81. The molecule has 1 fully saturated rings. The highest BCUT2D eigenvalue weighted by Gasteiger charge is 2.20. The topological polar surface area (TPSA) is 82.2 Å². The Bertz CT molecular complexity index is 1180. The van der Waals surface area contributed by atoms with E-state index in [9.17, 15) is 4.79 Å². The fraction of sp³-hybridized carbons (Fsp3) is 0.444. The number of carbonyl (C=O) groups excluding carboxylic acids is 1. The second-order valence-corrected chi connectivity index (χ2v) is 10.4. The lowest BCUT2D eigenvalue weighted by Crippen LogP contribution is -2.42. The summed E-state index contributed by atoms with van der Waals surface area (Å²) in [4.78, 5) is 24.7. The molecule has 3 N–H and O–H groups in total. The van der Waals surface area contributed by atoms with Crippen molar-refractivity contribution in [2.75, 3.05) is 42.6 Å². The summed E-state index contributed by atoms with van der Waals surface area (Å²) in [5, 5.41) is 10.1. The minimum Gasteiger partial charge on any atom is -0.370 e. The van der Waals surface area contributed by atoms with Crippen LogP contribution in [0.4, 0.5) is 11.5 Å². The Balaban J connectivity index is 1.10. The molecule has 0 atom stereocenters. The van der Waals surface area contributed by atoms with Gasteiger partial charge in [0.25, 0.3) is 0 Å². The number of carbonyl (C=O) groups is 1. The van der Waals surface area contributed by atoms with Crippen molar-refractivity contribution in [1.29, 1.82) is 0 Å². The zero-order valence-corrected chi connectivity index (χ0v) is 21.2. The third-order valence-corrected chi connectivity index (χ3v) is 7.85. The number of hydrogen-bond donors (Lipinski definition) is 3. The maximum absolute atomic E-state index is 11.7. The number of thioether (sulfide) groups is 1. The first-order valence-corrected chi connectivity index (χ1v) is 13.7. The second kappa shape index (κ2) is 11.4. The van der Waals surface area contributed by atoms with Crippen LogP contribution in [0.1, 0.15) is 37.3 Å². The van der Waals surface area contributed by atoms with Crippen molar-refractivity contribution in [3.63, 3.8) is 0 Å². The highest BCUT2D eigenvalue weighted by Crippen LogP contribution is 2.32. The summed E-state index contributed by atoms with van der Waals surface area (Å²) in [5.41, 5.74) is 5.43. The van der Waals surface area contributed by atoms with Gasteiger partial charge in [0, 0.05) is 36.8 Å². The molecule has 0 spiro atoms. The molecule has 0 aliphatic carbocycles. The summed E-state index contributed by atoms with van der Waals surface area (Å²) in [6.45, 7) is 7.18. The van der Waals surface area contributed by atoms with Gasteiger partial charge in [0.1, 0.15) is 5.82 Å². The molecule has 2 aromatic heterocycles. The number of amides is 1. The molecule has 8 heteroatoms. The van der Waals surface area contributed by atoms with Crippen LogP contribution in [0.3, 0.4) is 0 Å². The number of piperidine rings is 1. The largest absolute Gasteiger partial charge is 0.370 e. The van der Waals surface area contributed by atoms with Crippen molar-refractivity contribution in [2.45, 2.75) is 50.1 Å². The lowest BCUT2D eigenvalue weighted by atomic mass is 10.0. The number of fused-ring (bicyclic) bond motifs is 2. The van der Waals surface area contributed by atoms with Gasteiger partial charge < -0.3 is 20.9 Å². The lowest BCUT2D eigenvalue weighted by Gasteiger charge is -2.32. The van der Waals surface area contributed by atoms with E-state index in [0.29, 0.717) is 11.8 Å². The minimum absolute atomic E-state index is 0.0872. The highest BCUT2D eigenvalue weighted by atomic mass is 32.2. The summed E-state index contributed by atoms with van der Waals surface area (Å²) in [5.74, 6) is 1.53. The van der Waals surface area contributed by atoms with Crippen LogP contribution in [0, 0.1) is 0 Å². The zero-order valence-electron chi connectivity index (χ0n) is 20.3. The third kappa shape index (κ3) is 6.12. The van der Waals surface area contributed by atoms with E-state index < -0.39 is 0 Å². The van der Waals surface area contributed by atoms with Gasteiger partial charge in [0.05, 0.1) is 22.5 Å². The molecule has 0 bridgehead atoms. The van der Waals surface area contributed by atoms with Crippen LogP contribution in [0.25, 0.3) is 11.0 Å². The van der Waals surface area contributed by atoms with Gasteiger partial charge in [-0.15, -0.1) is 11.8 Å². The molecule has 4 heterocycles. The summed E-state index contributed by atoms with van der Waals surface area (Å²) >= 11 is 1.61. The monoisotopic (exact) mass is 490 g/mol. The van der Waals surface area contributed by atoms with Gasteiger partial charge in [-0.1, -0.05) is 13.0 Å². The van der Waals surface area contributed by atoms with Crippen molar-refractivity contribution in [3.8, 4) is 0 Å². The predicted molar refractivity (Wildman–Crippen MR) is 144 cm³/mol. The number of nitrogens with zero attached hydrogens (tertiary/aromatic N) is 3. The van der Waals surface area contributed by atoms with Gasteiger partial charge in [-0.2, -0.15) is 0 Å². The molecule has 1 saturated heterocycles. The molecule has 35 heavy (non-hydrogen) atoms. The van der Waals surface area contributed by atoms with Crippen LogP contribution < -0.4 is 16.0 Å². The normalized spacial score (nSPS) is 16.8. The summed E-state index contributed by atoms with van der Waals surface area (Å²) < 4.78 is 0. The number of rotatable bonds is 9. The highest BCUT2D eigenvalue weighted by molar-refractivity contribution is 8.00. The molecule has 184 valence electrons. The molecule has 2 aliphatic rings. The fourth-order valence-electron chi connectivity index (χ4n) is 4.77. The van der Waals surface area contributed by atoms with E-state index in [1.165, 1.54) is 11.1 Å². The van der Waals surface area contributed by atoms with Gasteiger partial charge in [-0.05, 0) is 80.2 Å². The Morgan fingerprint density at radius 2 is 2.06 bits per heavy atom. The molecule has 7 nitrogen and oxygen atoms in total. The molecule has 5 rings (SSSR count). The van der Waals surface area contributed by atoms with Gasteiger partial charge in [-0.25, -0.2) is 4.98 Å². The summed E-state index contributed by atoms with van der Waals surface area (Å²) in [7, 11) is 0. The molecule has 0 saturated carbocycles. The summed E-state index contributed by atoms with van der Waals surface area (Å²) in [6.07, 6.45) is 6.27. The first-order chi connectivity index (χ1) is 17.2. The third-order valence-electron chi connectivity index (χ3n) is 6.78. The van der Waals surface area contributed by atoms with Crippen LogP contribution >= 0.6 is 11.8 Å². The van der Waals surface area contributed by atoms with E-state index in [4.69, 9.17) is 4.98 Å². The van der Waals surface area contributed by atoms with Gasteiger partial charge >= 0.3 is 0 Å². The molecule has 0 radical (unpaired) electrons. The van der Waals surface area contributed by atoms with E-state index in [1.54, 1.807) is 11.8 Å². The van der Waals surface area contributed by atoms with Crippen LogP contribution in [-0.2, 0) is 17.8 Å². The number of benzene rings is 1. The van der Waals surface area contributed by atoms with Crippen molar-refractivity contribution >= 4 is 40.2 Å². The first kappa shape index (κ1) is 24.0. The van der Waals surface area contributed by atoms with E-state index >= 15 is 0 Å². The van der Waals surface area contributed by atoms with Gasteiger partial charge in [0.2, 0.25) is 5.91 Å². The minimum atomic E-state index is 0.0872. The molecule has 2 aliphatic heterocycles. The quantitative estimate of drug-likeness (QED) is 0.413. The number of nitrogens with one attached hydrogen (secondary N) is 3. The SMILES string of the molecule is CCCNc1ccc2nccc(CCN3CCC(NCc4ccc5c(c4)NC(=O)CS5)CC3)c2n1. The van der Waals surface area contributed by atoms with Crippen LogP contribution in [-0.4, -0.2) is 58.7 Å². The van der Waals surface area contributed by atoms with Crippen molar-refractivity contribution in [3.05, 3.63) is 53.7 Å². The fourth-order valence-corrected chi connectivity index (χ4v) is 5.56. The van der Waals surface area contributed by atoms with Gasteiger partial charge in [0.15, 0.2) is 0 Å². The van der Waals surface area contributed by atoms with Crippen LogP contribution in [0.15, 0.2) is 47.5 Å². The van der Waals surface area contributed by atoms with Crippen molar-refractivity contribution in [2.24, 2.45) is 0 Å². The van der Waals surface area contributed by atoms with Crippen molar-refractivity contribution < 1.29 is 4.79 Å². The Labute approximate surface area is 211 Å². The Hall–Kier alpha value is -2.68. The molecule has 0 unspecified atom stereocenters. The average molecular weight is 491 g/mol. The molecular weight excluding hydrogens is 456 g/mol. The number of anilines is 2. The van der Waals surface area contributed by atoms with E-state index in [0.717, 1.165) is 85.8 Å². The van der Waals surface area contributed by atoms with Crippen LogP contribution in [0.2, 0.25) is 0 Å². The van der Waals surface area contributed by atoms with Crippen LogP contribution in [0.5, 0.6) is 0 Å². The van der Waals surface area contributed by atoms with Gasteiger partial charge in [-0.3, -0.25) is 9.78 Å². The zero-order chi connectivity index (χ0) is 24.0. The maximum Gasteiger partial charge on any atom is 0.234 e. The first-order valence-electron chi connectivity index (χ1n) is 12.7. The standard InChI is InChI=1S/C27H34N6OS/c1-2-11-29-25-6-4-22-27(32-25)20(7-12-28-22)8-13-33-14-9-21(10-15-33)30-17-19-3-5-24-23(16-19)31-26(34)18-35-24/h3-7,12,16,21,30H,2,8-11,13-15,17-18H2,1H3,(H,29,32)(H,31,34). The van der Waals surface area contributed by atoms with E-state index in [2.05, 4.69) is 63.1 Å². The molecule has 1 aromatic carbocycles. The number of pyridine rings is 2. The number of likely N-dealkylation sites (tertiary alicyclic amines) is 1. The Morgan fingerprint density at radius 1 is 1.17 bits per heavy atom. The number of aromatic nitrogens is 2. The summed E-state index contributed by atoms with van der Waals surface area (Å²) in [6, 6.07) is 13.1. The molecule has 3 aromatic rings. The van der Waals surface area contributed by atoms with E-state index in [-0.39, 0.29) is 5.91 Å². The van der Waals surface area contributed by atoms with E-state index in [1.807, 2.05) is 12.3 Å². The Morgan fingerprint density at radius 3 is 2.91 bits per heavy atom. The maximum atomic E-state index is 11.7. The van der Waals surface area contributed by atoms with Crippen molar-refractivity contribution in [1.82, 2.24) is 20.2 Å². The second-order valence-electron chi connectivity index (χ2n) is 9.38. The molecule has 1 amide bonds.